The highest BCUT2D eigenvalue weighted by molar-refractivity contribution is 5.63. The van der Waals surface area contributed by atoms with Gasteiger partial charge in [-0.05, 0) is 18.4 Å². The van der Waals surface area contributed by atoms with Crippen LogP contribution in [-0.2, 0) is 0 Å². The normalized spacial score (nSPS) is 10.4. The maximum absolute atomic E-state index is 10.9. The monoisotopic (exact) mass is 251 g/mol. The topological polar surface area (TPSA) is 67.2 Å². The van der Waals surface area contributed by atoms with Crippen molar-refractivity contribution in [3.8, 4) is 0 Å². The minimum absolute atomic E-state index is 0.113. The van der Waals surface area contributed by atoms with Crippen LogP contribution >= 0.6 is 0 Å². The quantitative estimate of drug-likeness (QED) is 0.575. The SMILES string of the molecule is CCCNc1cc(NCC(C)C)cc([N+](=O)[O-])c1. The van der Waals surface area contributed by atoms with E-state index in [0.29, 0.717) is 5.92 Å². The molecular weight excluding hydrogens is 230 g/mol. The molecule has 0 atom stereocenters. The zero-order valence-electron chi connectivity index (χ0n) is 11.2. The number of rotatable bonds is 7. The average molecular weight is 251 g/mol. The lowest BCUT2D eigenvalue weighted by Crippen LogP contribution is -2.09. The zero-order chi connectivity index (χ0) is 13.5. The van der Waals surface area contributed by atoms with Gasteiger partial charge in [-0.2, -0.15) is 0 Å². The second-order valence-electron chi connectivity index (χ2n) is 4.73. The number of nitrogens with one attached hydrogen (secondary N) is 2. The molecular formula is C13H21N3O2. The second kappa shape index (κ2) is 6.83. The molecule has 0 heterocycles. The lowest BCUT2D eigenvalue weighted by molar-refractivity contribution is -0.384. The van der Waals surface area contributed by atoms with E-state index < -0.39 is 0 Å². The number of hydrogen-bond acceptors (Lipinski definition) is 4. The van der Waals surface area contributed by atoms with Gasteiger partial charge in [0.25, 0.3) is 5.69 Å². The van der Waals surface area contributed by atoms with E-state index in [0.717, 1.165) is 30.9 Å². The van der Waals surface area contributed by atoms with Gasteiger partial charge in [-0.25, -0.2) is 0 Å². The molecule has 1 aromatic carbocycles. The van der Waals surface area contributed by atoms with Crippen LogP contribution in [0.5, 0.6) is 0 Å². The van der Waals surface area contributed by atoms with Crippen molar-refractivity contribution < 1.29 is 4.92 Å². The molecule has 0 radical (unpaired) electrons. The largest absolute Gasteiger partial charge is 0.385 e. The lowest BCUT2D eigenvalue weighted by atomic mass is 10.2. The first kappa shape index (κ1) is 14.3. The maximum Gasteiger partial charge on any atom is 0.273 e. The Balaban J connectivity index is 2.87. The van der Waals surface area contributed by atoms with Crippen LogP contribution < -0.4 is 10.6 Å². The van der Waals surface area contributed by atoms with Gasteiger partial charge in [-0.3, -0.25) is 10.1 Å². The van der Waals surface area contributed by atoms with Crippen molar-refractivity contribution >= 4 is 17.1 Å². The number of nitro benzene ring substituents is 1. The Morgan fingerprint density at radius 2 is 1.83 bits per heavy atom. The summed E-state index contributed by atoms with van der Waals surface area (Å²) >= 11 is 0. The van der Waals surface area contributed by atoms with E-state index in [2.05, 4.69) is 31.4 Å². The average Bonchev–Trinajstić information content (AvgIpc) is 2.33. The molecule has 0 bridgehead atoms. The van der Waals surface area contributed by atoms with Gasteiger partial charge in [0.15, 0.2) is 0 Å². The van der Waals surface area contributed by atoms with Gasteiger partial charge < -0.3 is 10.6 Å². The summed E-state index contributed by atoms with van der Waals surface area (Å²) in [5, 5.41) is 17.3. The van der Waals surface area contributed by atoms with E-state index in [1.165, 1.54) is 0 Å². The van der Waals surface area contributed by atoms with Crippen LogP contribution in [0.2, 0.25) is 0 Å². The van der Waals surface area contributed by atoms with E-state index in [-0.39, 0.29) is 10.6 Å². The molecule has 1 aromatic rings. The van der Waals surface area contributed by atoms with Crippen LogP contribution in [-0.4, -0.2) is 18.0 Å². The Kier molecular flexibility index (Phi) is 5.42. The second-order valence-corrected chi connectivity index (χ2v) is 4.73. The van der Waals surface area contributed by atoms with E-state index in [9.17, 15) is 10.1 Å². The number of anilines is 2. The predicted molar refractivity (Wildman–Crippen MR) is 75.2 cm³/mol. The smallest absolute Gasteiger partial charge is 0.273 e. The van der Waals surface area contributed by atoms with Gasteiger partial charge in [-0.15, -0.1) is 0 Å². The lowest BCUT2D eigenvalue weighted by Gasteiger charge is -2.11. The predicted octanol–water partition coefficient (Wildman–Crippen LogP) is 3.48. The molecule has 0 aromatic heterocycles. The van der Waals surface area contributed by atoms with E-state index >= 15 is 0 Å². The standard InChI is InChI=1S/C13H21N3O2/c1-4-5-14-11-6-12(15-9-10(2)3)8-13(7-11)16(17)18/h6-8,10,14-15H,4-5,9H2,1-3H3. The van der Waals surface area contributed by atoms with Crippen LogP contribution in [0.3, 0.4) is 0 Å². The van der Waals surface area contributed by atoms with E-state index in [4.69, 9.17) is 0 Å². The fourth-order valence-corrected chi connectivity index (χ4v) is 1.51. The van der Waals surface area contributed by atoms with Gasteiger partial charge in [0, 0.05) is 36.6 Å². The minimum atomic E-state index is -0.363. The molecule has 0 fully saturated rings. The van der Waals surface area contributed by atoms with Gasteiger partial charge in [0.05, 0.1) is 4.92 Å². The van der Waals surface area contributed by atoms with Crippen molar-refractivity contribution in [2.24, 2.45) is 5.92 Å². The Hall–Kier alpha value is -1.78. The molecule has 2 N–H and O–H groups in total. The van der Waals surface area contributed by atoms with Crippen LogP contribution in [0.25, 0.3) is 0 Å². The van der Waals surface area contributed by atoms with E-state index in [1.807, 2.05) is 6.07 Å². The number of nitro groups is 1. The van der Waals surface area contributed by atoms with Crippen molar-refractivity contribution in [2.45, 2.75) is 27.2 Å². The number of hydrogen-bond donors (Lipinski definition) is 2. The van der Waals surface area contributed by atoms with Crippen molar-refractivity contribution in [3.63, 3.8) is 0 Å². The number of benzene rings is 1. The molecule has 0 aliphatic rings. The molecule has 0 unspecified atom stereocenters. The van der Waals surface area contributed by atoms with Gasteiger partial charge in [0.1, 0.15) is 0 Å². The zero-order valence-corrected chi connectivity index (χ0v) is 11.2. The van der Waals surface area contributed by atoms with Gasteiger partial charge in [-0.1, -0.05) is 20.8 Å². The van der Waals surface area contributed by atoms with Crippen LogP contribution in [0.1, 0.15) is 27.2 Å². The molecule has 0 aliphatic carbocycles. The van der Waals surface area contributed by atoms with Crippen molar-refractivity contribution in [2.75, 3.05) is 23.7 Å². The summed E-state index contributed by atoms with van der Waals surface area (Å²) in [4.78, 5) is 10.5. The molecule has 0 saturated carbocycles. The van der Waals surface area contributed by atoms with Crippen molar-refractivity contribution in [1.82, 2.24) is 0 Å². The number of nitrogens with zero attached hydrogens (tertiary/aromatic N) is 1. The van der Waals surface area contributed by atoms with Crippen molar-refractivity contribution in [1.29, 1.82) is 0 Å². The fraction of sp³-hybridized carbons (Fsp3) is 0.538. The molecule has 18 heavy (non-hydrogen) atoms. The summed E-state index contributed by atoms with van der Waals surface area (Å²) in [6.45, 7) is 7.86. The van der Waals surface area contributed by atoms with E-state index in [1.54, 1.807) is 12.1 Å². The summed E-state index contributed by atoms with van der Waals surface area (Å²) in [6.07, 6.45) is 0.984. The molecule has 5 heteroatoms. The van der Waals surface area contributed by atoms with Gasteiger partial charge >= 0.3 is 0 Å². The molecule has 0 saturated heterocycles. The first-order valence-corrected chi connectivity index (χ1v) is 6.30. The van der Waals surface area contributed by atoms with Crippen LogP contribution in [0.4, 0.5) is 17.1 Å². The third kappa shape index (κ3) is 4.61. The molecule has 0 aliphatic heterocycles. The summed E-state index contributed by atoms with van der Waals surface area (Å²) in [5.74, 6) is 0.497. The summed E-state index contributed by atoms with van der Waals surface area (Å²) in [6, 6.07) is 5.04. The summed E-state index contributed by atoms with van der Waals surface area (Å²) < 4.78 is 0. The molecule has 0 amide bonds. The fourth-order valence-electron chi connectivity index (χ4n) is 1.51. The highest BCUT2D eigenvalue weighted by atomic mass is 16.6. The Morgan fingerprint density at radius 1 is 1.22 bits per heavy atom. The molecule has 5 nitrogen and oxygen atoms in total. The van der Waals surface area contributed by atoms with Gasteiger partial charge in [0.2, 0.25) is 0 Å². The van der Waals surface area contributed by atoms with Crippen molar-refractivity contribution in [3.05, 3.63) is 28.3 Å². The summed E-state index contributed by atoms with van der Waals surface area (Å²) in [5.41, 5.74) is 1.69. The maximum atomic E-state index is 10.9. The molecule has 100 valence electrons. The minimum Gasteiger partial charge on any atom is -0.385 e. The Morgan fingerprint density at radius 3 is 2.33 bits per heavy atom. The third-order valence-corrected chi connectivity index (χ3v) is 2.42. The molecule has 1 rings (SSSR count). The first-order valence-electron chi connectivity index (χ1n) is 6.30. The van der Waals surface area contributed by atoms with Crippen LogP contribution in [0, 0.1) is 16.0 Å². The first-order chi connectivity index (χ1) is 8.52. The highest BCUT2D eigenvalue weighted by Crippen LogP contribution is 2.24. The molecule has 0 spiro atoms. The Bertz CT molecular complexity index is 405. The third-order valence-electron chi connectivity index (χ3n) is 2.42. The number of non-ortho nitro benzene ring substituents is 1. The Labute approximate surface area is 108 Å². The summed E-state index contributed by atoms with van der Waals surface area (Å²) in [7, 11) is 0. The highest BCUT2D eigenvalue weighted by Gasteiger charge is 2.09. The van der Waals surface area contributed by atoms with Crippen LogP contribution in [0.15, 0.2) is 18.2 Å².